The second-order valence-corrected chi connectivity index (χ2v) is 5.84. The van der Waals surface area contributed by atoms with Crippen LogP contribution in [0.4, 0.5) is 0 Å². The summed E-state index contributed by atoms with van der Waals surface area (Å²) in [4.78, 5) is 11.5. The van der Waals surface area contributed by atoms with E-state index in [9.17, 15) is 4.79 Å². The fourth-order valence-corrected chi connectivity index (χ4v) is 2.63. The molecule has 0 aromatic heterocycles. The molecule has 0 heterocycles. The number of carbonyl (C=O) groups excluding carboxylic acids is 1. The summed E-state index contributed by atoms with van der Waals surface area (Å²) in [6, 6.07) is -0.133. The summed E-state index contributed by atoms with van der Waals surface area (Å²) in [7, 11) is 1.45. The molecular weight excluding hydrogens is 234 g/mol. The Kier molecular flexibility index (Phi) is 10.8. The molecule has 0 aromatic carbocycles. The Morgan fingerprint density at radius 2 is 1.94 bits per heavy atom. The molecule has 0 saturated carbocycles. The number of thioether (sulfide) groups is 1. The van der Waals surface area contributed by atoms with Crippen molar-refractivity contribution in [3.8, 4) is 0 Å². The Labute approximate surface area is 110 Å². The number of methoxy groups -OCH3 is 1. The number of nitrogens with one attached hydrogen (secondary N) is 1. The van der Waals surface area contributed by atoms with E-state index < -0.39 is 0 Å². The molecule has 3 nitrogen and oxygen atoms in total. The number of rotatable bonds is 10. The SMILES string of the molecule is CCCNC(CCSCCC(C)C)C(=O)OC. The molecule has 0 bridgehead atoms. The Balaban J connectivity index is 3.71. The van der Waals surface area contributed by atoms with Crippen LogP contribution in [0.1, 0.15) is 40.0 Å². The van der Waals surface area contributed by atoms with Gasteiger partial charge in [-0.15, -0.1) is 0 Å². The average molecular weight is 261 g/mol. The first kappa shape index (κ1) is 16.8. The zero-order valence-corrected chi connectivity index (χ0v) is 12.4. The molecule has 0 aliphatic carbocycles. The smallest absolute Gasteiger partial charge is 0.322 e. The Morgan fingerprint density at radius 1 is 1.29 bits per heavy atom. The van der Waals surface area contributed by atoms with Gasteiger partial charge in [0.25, 0.3) is 0 Å². The van der Waals surface area contributed by atoms with Crippen molar-refractivity contribution in [3.63, 3.8) is 0 Å². The minimum atomic E-state index is -0.136. The lowest BCUT2D eigenvalue weighted by Crippen LogP contribution is -2.38. The quantitative estimate of drug-likeness (QED) is 0.485. The molecule has 0 aliphatic heterocycles. The van der Waals surface area contributed by atoms with Crippen LogP contribution in [0.2, 0.25) is 0 Å². The molecule has 0 radical (unpaired) electrons. The van der Waals surface area contributed by atoms with Gasteiger partial charge in [0.2, 0.25) is 0 Å². The molecule has 17 heavy (non-hydrogen) atoms. The van der Waals surface area contributed by atoms with Crippen molar-refractivity contribution in [1.29, 1.82) is 0 Å². The Bertz CT molecular complexity index is 198. The minimum absolute atomic E-state index is 0.133. The lowest BCUT2D eigenvalue weighted by Gasteiger charge is -2.15. The van der Waals surface area contributed by atoms with E-state index >= 15 is 0 Å². The predicted octanol–water partition coefficient (Wildman–Crippen LogP) is 2.70. The maximum absolute atomic E-state index is 11.5. The molecule has 0 amide bonds. The first-order valence-corrected chi connectivity index (χ1v) is 7.66. The van der Waals surface area contributed by atoms with Gasteiger partial charge in [0.15, 0.2) is 0 Å². The van der Waals surface area contributed by atoms with E-state index in [2.05, 4.69) is 26.1 Å². The van der Waals surface area contributed by atoms with Crippen molar-refractivity contribution in [1.82, 2.24) is 5.32 Å². The van der Waals surface area contributed by atoms with Crippen LogP contribution >= 0.6 is 11.8 Å². The summed E-state index contributed by atoms with van der Waals surface area (Å²) in [6.45, 7) is 7.44. The summed E-state index contributed by atoms with van der Waals surface area (Å²) >= 11 is 1.92. The second kappa shape index (κ2) is 10.9. The molecule has 0 rings (SSSR count). The molecule has 102 valence electrons. The maximum atomic E-state index is 11.5. The monoisotopic (exact) mass is 261 g/mol. The molecule has 0 spiro atoms. The lowest BCUT2D eigenvalue weighted by atomic mass is 10.2. The molecule has 1 unspecified atom stereocenters. The van der Waals surface area contributed by atoms with Crippen molar-refractivity contribution in [3.05, 3.63) is 0 Å². The van der Waals surface area contributed by atoms with Gasteiger partial charge < -0.3 is 10.1 Å². The second-order valence-electron chi connectivity index (χ2n) is 4.61. The zero-order valence-electron chi connectivity index (χ0n) is 11.6. The van der Waals surface area contributed by atoms with E-state index in [1.807, 2.05) is 11.8 Å². The van der Waals surface area contributed by atoms with Gasteiger partial charge in [-0.1, -0.05) is 20.8 Å². The van der Waals surface area contributed by atoms with Gasteiger partial charge in [0.1, 0.15) is 6.04 Å². The molecule has 4 heteroatoms. The van der Waals surface area contributed by atoms with E-state index in [1.165, 1.54) is 19.3 Å². The summed E-state index contributed by atoms with van der Waals surface area (Å²) in [5, 5.41) is 3.23. The first-order valence-electron chi connectivity index (χ1n) is 6.50. The first-order chi connectivity index (χ1) is 8.11. The molecule has 1 N–H and O–H groups in total. The average Bonchev–Trinajstić information content (AvgIpc) is 2.31. The van der Waals surface area contributed by atoms with Crippen LogP contribution in [0.25, 0.3) is 0 Å². The third-order valence-electron chi connectivity index (χ3n) is 2.52. The third-order valence-corrected chi connectivity index (χ3v) is 3.57. The van der Waals surface area contributed by atoms with Crippen LogP contribution in [0.5, 0.6) is 0 Å². The standard InChI is InChI=1S/C13H27NO2S/c1-5-8-14-12(13(15)16-4)7-10-17-9-6-11(2)3/h11-12,14H,5-10H2,1-4H3. The van der Waals surface area contributed by atoms with Crippen LogP contribution < -0.4 is 5.32 Å². The summed E-state index contributed by atoms with van der Waals surface area (Å²) in [6.07, 6.45) is 3.14. The fourth-order valence-electron chi connectivity index (χ4n) is 1.39. The highest BCUT2D eigenvalue weighted by Gasteiger charge is 2.17. The highest BCUT2D eigenvalue weighted by molar-refractivity contribution is 7.99. The topological polar surface area (TPSA) is 38.3 Å². The number of hydrogen-bond acceptors (Lipinski definition) is 4. The van der Waals surface area contributed by atoms with Crippen LogP contribution in [0, 0.1) is 5.92 Å². The van der Waals surface area contributed by atoms with E-state index in [0.717, 1.165) is 31.1 Å². The fraction of sp³-hybridized carbons (Fsp3) is 0.923. The van der Waals surface area contributed by atoms with Crippen molar-refractivity contribution in [2.45, 2.75) is 46.1 Å². The number of esters is 1. The van der Waals surface area contributed by atoms with Crippen molar-refractivity contribution in [2.75, 3.05) is 25.2 Å². The van der Waals surface area contributed by atoms with E-state index in [0.29, 0.717) is 0 Å². The Morgan fingerprint density at radius 3 is 2.47 bits per heavy atom. The minimum Gasteiger partial charge on any atom is -0.468 e. The number of carbonyl (C=O) groups is 1. The van der Waals surface area contributed by atoms with Crippen molar-refractivity contribution in [2.24, 2.45) is 5.92 Å². The van der Waals surface area contributed by atoms with E-state index in [-0.39, 0.29) is 12.0 Å². The lowest BCUT2D eigenvalue weighted by molar-refractivity contribution is -0.143. The third kappa shape index (κ3) is 9.48. The molecule has 0 fully saturated rings. The van der Waals surface area contributed by atoms with Gasteiger partial charge in [-0.2, -0.15) is 11.8 Å². The number of hydrogen-bond donors (Lipinski definition) is 1. The summed E-state index contributed by atoms with van der Waals surface area (Å²) in [5.41, 5.74) is 0. The predicted molar refractivity (Wildman–Crippen MR) is 75.5 cm³/mol. The van der Waals surface area contributed by atoms with Gasteiger partial charge >= 0.3 is 5.97 Å². The van der Waals surface area contributed by atoms with Crippen LogP contribution in [-0.4, -0.2) is 37.2 Å². The van der Waals surface area contributed by atoms with Crippen molar-refractivity contribution >= 4 is 17.7 Å². The molecule has 1 atom stereocenters. The normalized spacial score (nSPS) is 12.8. The van der Waals surface area contributed by atoms with Crippen LogP contribution in [0.3, 0.4) is 0 Å². The van der Waals surface area contributed by atoms with E-state index in [1.54, 1.807) is 0 Å². The summed E-state index contributed by atoms with van der Waals surface area (Å²) in [5.74, 6) is 2.82. The van der Waals surface area contributed by atoms with Gasteiger partial charge in [-0.3, -0.25) is 4.79 Å². The van der Waals surface area contributed by atoms with Crippen LogP contribution in [-0.2, 0) is 9.53 Å². The molecular formula is C13H27NO2S. The number of ether oxygens (including phenoxy) is 1. The van der Waals surface area contributed by atoms with Gasteiger partial charge in [-0.05, 0) is 43.2 Å². The molecule has 0 aliphatic rings. The molecule has 0 saturated heterocycles. The molecule has 0 aromatic rings. The largest absolute Gasteiger partial charge is 0.468 e. The van der Waals surface area contributed by atoms with Gasteiger partial charge in [0.05, 0.1) is 7.11 Å². The van der Waals surface area contributed by atoms with Gasteiger partial charge in [-0.25, -0.2) is 0 Å². The zero-order chi connectivity index (χ0) is 13.1. The highest BCUT2D eigenvalue weighted by atomic mass is 32.2. The summed E-state index contributed by atoms with van der Waals surface area (Å²) < 4.78 is 4.79. The van der Waals surface area contributed by atoms with Crippen molar-refractivity contribution < 1.29 is 9.53 Å². The Hall–Kier alpha value is -0.220. The maximum Gasteiger partial charge on any atom is 0.322 e. The van der Waals surface area contributed by atoms with Gasteiger partial charge in [0, 0.05) is 0 Å². The van der Waals surface area contributed by atoms with E-state index in [4.69, 9.17) is 4.74 Å². The van der Waals surface area contributed by atoms with Crippen LogP contribution in [0.15, 0.2) is 0 Å². The highest BCUT2D eigenvalue weighted by Crippen LogP contribution is 2.11.